The second kappa shape index (κ2) is 4.84. The Hall–Kier alpha value is -2.17. The monoisotopic (exact) mass is 260 g/mol. The largest absolute Gasteiger partial charge is 0.332 e. The van der Waals surface area contributed by atoms with Gasteiger partial charge in [-0.05, 0) is 32.9 Å². The average Bonchev–Trinajstić information content (AvgIpc) is 2.55. The fraction of sp³-hybridized carbons (Fsp3) is 0.357. The summed E-state index contributed by atoms with van der Waals surface area (Å²) in [4.78, 5) is 37.8. The van der Waals surface area contributed by atoms with Crippen LogP contribution in [0.25, 0.3) is 0 Å². The number of amides is 3. The molecule has 19 heavy (non-hydrogen) atoms. The van der Waals surface area contributed by atoms with Gasteiger partial charge in [0.25, 0.3) is 5.91 Å². The molecule has 0 aromatic heterocycles. The predicted octanol–water partition coefficient (Wildman–Crippen LogP) is 1.74. The molecular formula is C14H16N2O3. The smallest absolute Gasteiger partial charge is 0.298 e. The highest BCUT2D eigenvalue weighted by Crippen LogP contribution is 2.25. The van der Waals surface area contributed by atoms with Crippen LogP contribution < -0.4 is 4.90 Å². The van der Waals surface area contributed by atoms with Crippen LogP contribution in [0.4, 0.5) is 10.5 Å². The zero-order valence-electron chi connectivity index (χ0n) is 11.2. The van der Waals surface area contributed by atoms with Crippen molar-refractivity contribution in [3.05, 3.63) is 29.8 Å². The fourth-order valence-corrected chi connectivity index (χ4v) is 2.13. The number of carbonyl (C=O) groups is 3. The summed E-state index contributed by atoms with van der Waals surface area (Å²) in [5.41, 5.74) is 1.75. The van der Waals surface area contributed by atoms with Gasteiger partial charge in [-0.15, -0.1) is 0 Å². The maximum absolute atomic E-state index is 12.2. The van der Waals surface area contributed by atoms with Crippen LogP contribution in [-0.4, -0.2) is 35.2 Å². The number of imide groups is 1. The number of aryl methyl sites for hydroxylation is 1. The van der Waals surface area contributed by atoms with Crippen molar-refractivity contribution in [2.45, 2.75) is 26.8 Å². The molecule has 0 spiro atoms. The lowest BCUT2D eigenvalue weighted by molar-refractivity contribution is -0.130. The number of hydrogen-bond acceptors (Lipinski definition) is 3. The van der Waals surface area contributed by atoms with E-state index in [1.165, 1.54) is 11.8 Å². The molecule has 5 heteroatoms. The molecule has 1 heterocycles. The van der Waals surface area contributed by atoms with Gasteiger partial charge in [0.15, 0.2) is 0 Å². The molecule has 0 aliphatic carbocycles. The first-order chi connectivity index (χ1) is 8.91. The van der Waals surface area contributed by atoms with Crippen LogP contribution in [0.5, 0.6) is 0 Å². The SMILES string of the molecule is CC(=O)CN1C(=O)[C@@H](C)N(c2ccc(C)cc2)C1=O. The molecule has 0 N–H and O–H groups in total. The lowest BCUT2D eigenvalue weighted by atomic mass is 10.2. The second-order valence-electron chi connectivity index (χ2n) is 4.79. The van der Waals surface area contributed by atoms with Crippen molar-refractivity contribution >= 4 is 23.4 Å². The van der Waals surface area contributed by atoms with Crippen LogP contribution >= 0.6 is 0 Å². The number of benzene rings is 1. The maximum Gasteiger partial charge on any atom is 0.332 e. The van der Waals surface area contributed by atoms with E-state index < -0.39 is 12.1 Å². The first kappa shape index (κ1) is 13.3. The van der Waals surface area contributed by atoms with E-state index in [0.29, 0.717) is 5.69 Å². The summed E-state index contributed by atoms with van der Waals surface area (Å²) in [7, 11) is 0. The number of anilines is 1. The summed E-state index contributed by atoms with van der Waals surface area (Å²) >= 11 is 0. The molecule has 0 radical (unpaired) electrons. The number of nitrogens with zero attached hydrogens (tertiary/aromatic N) is 2. The highest BCUT2D eigenvalue weighted by molar-refractivity contribution is 6.15. The lowest BCUT2D eigenvalue weighted by Crippen LogP contribution is -2.36. The maximum atomic E-state index is 12.2. The van der Waals surface area contributed by atoms with Gasteiger partial charge < -0.3 is 0 Å². The third-order valence-electron chi connectivity index (χ3n) is 3.14. The quantitative estimate of drug-likeness (QED) is 0.778. The Balaban J connectivity index is 2.32. The van der Waals surface area contributed by atoms with Crippen LogP contribution in [0.2, 0.25) is 0 Å². The molecule has 1 fully saturated rings. The number of rotatable bonds is 3. The Morgan fingerprint density at radius 2 is 1.79 bits per heavy atom. The Morgan fingerprint density at radius 3 is 2.32 bits per heavy atom. The van der Waals surface area contributed by atoms with Gasteiger partial charge in [0.2, 0.25) is 0 Å². The van der Waals surface area contributed by atoms with Gasteiger partial charge in [-0.1, -0.05) is 17.7 Å². The molecule has 1 aliphatic rings. The van der Waals surface area contributed by atoms with E-state index in [4.69, 9.17) is 0 Å². The Bertz CT molecular complexity index is 536. The van der Waals surface area contributed by atoms with Crippen LogP contribution in [0, 0.1) is 6.92 Å². The van der Waals surface area contributed by atoms with Gasteiger partial charge in [-0.25, -0.2) is 4.79 Å². The average molecular weight is 260 g/mol. The molecule has 1 saturated heterocycles. The van der Waals surface area contributed by atoms with Gasteiger partial charge in [-0.2, -0.15) is 0 Å². The molecule has 0 saturated carbocycles. The summed E-state index contributed by atoms with van der Waals surface area (Å²) in [5, 5.41) is 0. The fourth-order valence-electron chi connectivity index (χ4n) is 2.13. The summed E-state index contributed by atoms with van der Waals surface area (Å²) in [6.45, 7) is 4.82. The zero-order valence-corrected chi connectivity index (χ0v) is 11.2. The molecular weight excluding hydrogens is 244 g/mol. The van der Waals surface area contributed by atoms with Crippen molar-refractivity contribution in [3.8, 4) is 0 Å². The minimum absolute atomic E-state index is 0.162. The summed E-state index contributed by atoms with van der Waals surface area (Å²) in [6, 6.07) is 6.36. The van der Waals surface area contributed by atoms with Gasteiger partial charge in [-0.3, -0.25) is 19.4 Å². The molecule has 2 rings (SSSR count). The van der Waals surface area contributed by atoms with Gasteiger partial charge in [0.1, 0.15) is 11.8 Å². The van der Waals surface area contributed by atoms with Crippen molar-refractivity contribution in [3.63, 3.8) is 0 Å². The van der Waals surface area contributed by atoms with Gasteiger partial charge in [0.05, 0.1) is 6.54 Å². The topological polar surface area (TPSA) is 57.7 Å². The minimum atomic E-state index is -0.574. The molecule has 0 bridgehead atoms. The first-order valence-corrected chi connectivity index (χ1v) is 6.12. The van der Waals surface area contributed by atoms with Crippen LogP contribution in [0.1, 0.15) is 19.4 Å². The predicted molar refractivity (Wildman–Crippen MR) is 70.9 cm³/mol. The van der Waals surface area contributed by atoms with Gasteiger partial charge >= 0.3 is 6.03 Å². The Morgan fingerprint density at radius 1 is 1.21 bits per heavy atom. The molecule has 3 amide bonds. The summed E-state index contributed by atoms with van der Waals surface area (Å²) < 4.78 is 0. The van der Waals surface area contributed by atoms with Crippen molar-refractivity contribution in [1.29, 1.82) is 0 Å². The first-order valence-electron chi connectivity index (χ1n) is 6.12. The second-order valence-corrected chi connectivity index (χ2v) is 4.79. The van der Waals surface area contributed by atoms with Crippen LogP contribution in [0.3, 0.4) is 0 Å². The highest BCUT2D eigenvalue weighted by atomic mass is 16.2. The molecule has 1 aliphatic heterocycles. The normalized spacial score (nSPS) is 19.2. The highest BCUT2D eigenvalue weighted by Gasteiger charge is 2.43. The van der Waals surface area contributed by atoms with Crippen LogP contribution in [-0.2, 0) is 9.59 Å². The third-order valence-corrected chi connectivity index (χ3v) is 3.14. The van der Waals surface area contributed by atoms with E-state index in [9.17, 15) is 14.4 Å². The standard InChI is InChI=1S/C14H16N2O3/c1-9-4-6-12(7-5-9)16-11(3)13(18)15(14(16)19)8-10(2)17/h4-7,11H,8H2,1-3H3/t11-/m1/s1. The number of urea groups is 1. The number of hydrogen-bond donors (Lipinski definition) is 0. The zero-order chi connectivity index (χ0) is 14.2. The van der Waals surface area contributed by atoms with E-state index in [1.54, 1.807) is 19.1 Å². The van der Waals surface area contributed by atoms with E-state index in [2.05, 4.69) is 0 Å². The third kappa shape index (κ3) is 2.36. The van der Waals surface area contributed by atoms with Gasteiger partial charge in [0, 0.05) is 5.69 Å². The molecule has 1 aromatic carbocycles. The Labute approximate surface area is 111 Å². The van der Waals surface area contributed by atoms with E-state index in [0.717, 1.165) is 10.5 Å². The van der Waals surface area contributed by atoms with E-state index >= 15 is 0 Å². The van der Waals surface area contributed by atoms with E-state index in [-0.39, 0.29) is 18.2 Å². The minimum Gasteiger partial charge on any atom is -0.298 e. The molecule has 1 atom stereocenters. The van der Waals surface area contributed by atoms with E-state index in [1.807, 2.05) is 19.1 Å². The number of ketones is 1. The van der Waals surface area contributed by atoms with Crippen molar-refractivity contribution in [2.75, 3.05) is 11.4 Å². The molecule has 0 unspecified atom stereocenters. The summed E-state index contributed by atoms with van der Waals surface area (Å²) in [6.07, 6.45) is 0. The van der Waals surface area contributed by atoms with Crippen molar-refractivity contribution < 1.29 is 14.4 Å². The number of carbonyl (C=O) groups excluding carboxylic acids is 3. The molecule has 100 valence electrons. The van der Waals surface area contributed by atoms with Crippen LogP contribution in [0.15, 0.2) is 24.3 Å². The van der Waals surface area contributed by atoms with Crippen molar-refractivity contribution in [1.82, 2.24) is 4.90 Å². The summed E-state index contributed by atoms with van der Waals surface area (Å²) in [5.74, 6) is -0.541. The molecule has 1 aromatic rings. The Kier molecular flexibility index (Phi) is 3.38. The van der Waals surface area contributed by atoms with Crippen molar-refractivity contribution in [2.24, 2.45) is 0 Å². The molecule has 5 nitrogen and oxygen atoms in total. The number of Topliss-reactive ketones (excluding diaryl/α,β-unsaturated/α-hetero) is 1. The lowest BCUT2D eigenvalue weighted by Gasteiger charge is -2.19.